The Morgan fingerprint density at radius 1 is 0.656 bits per heavy atom. The van der Waals surface area contributed by atoms with E-state index in [2.05, 4.69) is 69.5 Å². The van der Waals surface area contributed by atoms with Crippen molar-refractivity contribution in [3.05, 3.63) is 113 Å². The van der Waals surface area contributed by atoms with Gasteiger partial charge in [-0.3, -0.25) is 9.59 Å². The molecule has 61 heavy (non-hydrogen) atoms. The van der Waals surface area contributed by atoms with Gasteiger partial charge in [-0.25, -0.2) is 0 Å². The van der Waals surface area contributed by atoms with E-state index in [9.17, 15) is 22.8 Å². The molecule has 2 atom stereocenters. The molecule has 2 amide bonds. The van der Waals surface area contributed by atoms with Gasteiger partial charge >= 0.3 is 6.18 Å². The fourth-order valence-electron chi connectivity index (χ4n) is 8.04. The van der Waals surface area contributed by atoms with Crippen molar-refractivity contribution in [2.75, 3.05) is 96.1 Å². The number of rotatable bonds is 10. The number of piperazine rings is 2. The predicted octanol–water partition coefficient (Wildman–Crippen LogP) is 6.54. The highest BCUT2D eigenvalue weighted by molar-refractivity contribution is 5.95. The van der Waals surface area contributed by atoms with Gasteiger partial charge in [0.05, 0.1) is 24.3 Å². The molecule has 0 aromatic heterocycles. The van der Waals surface area contributed by atoms with Gasteiger partial charge in [-0.15, -0.1) is 0 Å². The van der Waals surface area contributed by atoms with Crippen LogP contribution in [0.4, 0.5) is 24.5 Å². The van der Waals surface area contributed by atoms with Crippen molar-refractivity contribution in [2.24, 2.45) is 0 Å². The molecule has 4 aliphatic rings. The third-order valence-electron chi connectivity index (χ3n) is 11.7. The van der Waals surface area contributed by atoms with Crippen LogP contribution in [0.25, 0.3) is 0 Å². The van der Waals surface area contributed by atoms with Gasteiger partial charge in [0, 0.05) is 98.8 Å². The van der Waals surface area contributed by atoms with Crippen LogP contribution in [0.15, 0.2) is 84.9 Å². The predicted molar refractivity (Wildman–Crippen MR) is 231 cm³/mol. The number of hydrogen-bond acceptors (Lipinski definition) is 9. The molecule has 4 heterocycles. The Balaban J connectivity index is 0.000000184. The van der Waals surface area contributed by atoms with Crippen LogP contribution in [0.3, 0.4) is 0 Å². The summed E-state index contributed by atoms with van der Waals surface area (Å²) in [4.78, 5) is 34.8. The summed E-state index contributed by atoms with van der Waals surface area (Å²) >= 11 is 0. The number of nitrogens with one attached hydrogen (secondary N) is 2. The summed E-state index contributed by atoms with van der Waals surface area (Å²) in [6.45, 7) is 11.6. The topological polar surface area (TPSA) is 98.9 Å². The first kappa shape index (κ1) is 43.6. The Morgan fingerprint density at radius 3 is 1.52 bits per heavy atom. The highest BCUT2D eigenvalue weighted by Gasteiger charge is 2.31. The smallest absolute Gasteiger partial charge is 0.416 e. The SMILES string of the molecule is CCCCOc1ccc(C(=O)N[C@@H]2COc3cccc(N4CCN(C)CC4)c3C2)cc1.CN1CCN(c2cccc3c2C[C@H](NC(=O)c2ccc(C(F)(F)F)cc2)CO3)CC1. The lowest BCUT2D eigenvalue weighted by Crippen LogP contribution is -2.46. The number of benzene rings is 4. The van der Waals surface area contributed by atoms with Crippen LogP contribution in [0.1, 0.15) is 57.2 Å². The zero-order chi connectivity index (χ0) is 42.9. The molecule has 0 unspecified atom stereocenters. The maximum Gasteiger partial charge on any atom is 0.416 e. The molecular formula is C47H57F3N6O5. The van der Waals surface area contributed by atoms with E-state index in [4.69, 9.17) is 14.2 Å². The van der Waals surface area contributed by atoms with E-state index in [1.54, 1.807) is 0 Å². The van der Waals surface area contributed by atoms with Crippen molar-refractivity contribution in [1.29, 1.82) is 0 Å². The number of alkyl halides is 3. The summed E-state index contributed by atoms with van der Waals surface area (Å²) in [6.07, 6.45) is -0.896. The fourth-order valence-corrected chi connectivity index (χ4v) is 8.04. The summed E-state index contributed by atoms with van der Waals surface area (Å²) in [5, 5.41) is 6.05. The third kappa shape index (κ3) is 11.3. The minimum atomic E-state index is -4.42. The number of unbranched alkanes of at least 4 members (excludes halogenated alkanes) is 1. The highest BCUT2D eigenvalue weighted by Crippen LogP contribution is 2.36. The number of ether oxygens (including phenoxy) is 3. The average Bonchev–Trinajstić information content (AvgIpc) is 3.27. The second kappa shape index (κ2) is 19.9. The number of halogens is 3. The van der Waals surface area contributed by atoms with Crippen LogP contribution >= 0.6 is 0 Å². The molecule has 0 radical (unpaired) electrons. The fraction of sp³-hybridized carbons (Fsp3) is 0.447. The number of amides is 2. The van der Waals surface area contributed by atoms with Gasteiger partial charge in [-0.1, -0.05) is 25.5 Å². The molecule has 0 bridgehead atoms. The van der Waals surface area contributed by atoms with Crippen molar-refractivity contribution in [3.8, 4) is 17.2 Å². The minimum Gasteiger partial charge on any atom is -0.494 e. The number of hydrogen-bond donors (Lipinski definition) is 2. The molecule has 326 valence electrons. The molecule has 0 saturated carbocycles. The first-order valence-corrected chi connectivity index (χ1v) is 21.3. The quantitative estimate of drug-likeness (QED) is 0.173. The van der Waals surface area contributed by atoms with E-state index in [1.807, 2.05) is 42.5 Å². The number of nitrogens with zero attached hydrogens (tertiary/aromatic N) is 4. The van der Waals surface area contributed by atoms with Crippen molar-refractivity contribution < 1.29 is 37.0 Å². The molecule has 8 rings (SSSR count). The summed E-state index contributed by atoms with van der Waals surface area (Å²) in [5.74, 6) is 2.09. The third-order valence-corrected chi connectivity index (χ3v) is 11.7. The van der Waals surface area contributed by atoms with Gasteiger partial charge in [0.25, 0.3) is 11.8 Å². The number of fused-ring (bicyclic) bond motifs is 2. The lowest BCUT2D eigenvalue weighted by atomic mass is 9.99. The van der Waals surface area contributed by atoms with Crippen LogP contribution in [0.2, 0.25) is 0 Å². The molecule has 0 aliphatic carbocycles. The average molecular weight is 843 g/mol. The Morgan fingerprint density at radius 2 is 1.10 bits per heavy atom. The van der Waals surface area contributed by atoms with Crippen LogP contribution in [0, 0.1) is 0 Å². The van der Waals surface area contributed by atoms with Crippen LogP contribution in [-0.2, 0) is 19.0 Å². The molecule has 11 nitrogen and oxygen atoms in total. The maximum atomic E-state index is 12.8. The van der Waals surface area contributed by atoms with Crippen molar-refractivity contribution in [2.45, 2.75) is 50.9 Å². The van der Waals surface area contributed by atoms with Crippen molar-refractivity contribution >= 4 is 23.2 Å². The van der Waals surface area contributed by atoms with Gasteiger partial charge < -0.3 is 44.4 Å². The summed E-state index contributed by atoms with van der Waals surface area (Å²) in [5.41, 5.74) is 4.68. The van der Waals surface area contributed by atoms with Crippen LogP contribution in [0.5, 0.6) is 17.2 Å². The standard InChI is InChI=1S/C25H33N3O3.C22H24F3N3O2/c1-3-4-16-30-21-10-8-19(9-11-21)25(29)26-20-17-22-23(6-5-7-24(22)31-18-20)28-14-12-27(2)13-15-28;1-27-9-11-28(12-10-27)19-3-2-4-20-18(19)13-17(14-30-20)26-21(29)15-5-7-16(8-6-15)22(23,24)25/h5-11,20H,3-4,12-18H2,1-2H3,(H,26,29);2-8,17H,9-14H2,1H3,(H,26,29)/t20-;17-/m00/s1. The molecule has 0 spiro atoms. The van der Waals surface area contributed by atoms with Gasteiger partial charge in [0.2, 0.25) is 0 Å². The Bertz CT molecular complexity index is 2080. The Kier molecular flexibility index (Phi) is 14.3. The second-order valence-electron chi connectivity index (χ2n) is 16.3. The molecule has 4 aromatic carbocycles. The van der Waals surface area contributed by atoms with Gasteiger partial charge in [0.1, 0.15) is 30.5 Å². The largest absolute Gasteiger partial charge is 0.494 e. The molecule has 2 fully saturated rings. The first-order valence-electron chi connectivity index (χ1n) is 21.3. The van der Waals surface area contributed by atoms with Crippen molar-refractivity contribution in [3.63, 3.8) is 0 Å². The number of anilines is 2. The highest BCUT2D eigenvalue weighted by atomic mass is 19.4. The number of carbonyl (C=O) groups is 2. The van der Waals surface area contributed by atoms with E-state index >= 15 is 0 Å². The molecule has 14 heteroatoms. The summed E-state index contributed by atoms with van der Waals surface area (Å²) < 4.78 is 55.8. The normalized spacial score (nSPS) is 19.2. The van der Waals surface area contributed by atoms with E-state index in [-0.39, 0.29) is 23.6 Å². The summed E-state index contributed by atoms with van der Waals surface area (Å²) in [7, 11) is 4.27. The van der Waals surface area contributed by atoms with Gasteiger partial charge in [-0.2, -0.15) is 13.2 Å². The molecule has 2 N–H and O–H groups in total. The number of likely N-dealkylation sites (N-methyl/N-ethyl adjacent to an activating group) is 2. The monoisotopic (exact) mass is 842 g/mol. The minimum absolute atomic E-state index is 0.0471. The van der Waals surface area contributed by atoms with Crippen molar-refractivity contribution in [1.82, 2.24) is 20.4 Å². The molecule has 2 saturated heterocycles. The lowest BCUT2D eigenvalue weighted by molar-refractivity contribution is -0.137. The van der Waals surface area contributed by atoms with E-state index < -0.39 is 17.6 Å². The van der Waals surface area contributed by atoms with Gasteiger partial charge in [-0.05, 0) is 93.3 Å². The van der Waals surface area contributed by atoms with E-state index in [0.29, 0.717) is 31.8 Å². The summed E-state index contributed by atoms with van der Waals surface area (Å²) in [6, 6.07) is 23.6. The van der Waals surface area contributed by atoms with E-state index in [0.717, 1.165) is 112 Å². The Hall–Kier alpha value is -5.47. The maximum absolute atomic E-state index is 12.8. The Labute approximate surface area is 356 Å². The van der Waals surface area contributed by atoms with E-state index in [1.165, 1.54) is 23.4 Å². The number of carbonyl (C=O) groups excluding carboxylic acids is 2. The zero-order valence-electron chi connectivity index (χ0n) is 35.3. The molecule has 4 aromatic rings. The lowest BCUT2D eigenvalue weighted by Gasteiger charge is -2.37. The molecule has 4 aliphatic heterocycles. The molecular weight excluding hydrogens is 786 g/mol. The van der Waals surface area contributed by atoms with Gasteiger partial charge in [0.15, 0.2) is 0 Å². The second-order valence-corrected chi connectivity index (χ2v) is 16.3. The van der Waals surface area contributed by atoms with Crippen LogP contribution < -0.4 is 34.6 Å². The zero-order valence-corrected chi connectivity index (χ0v) is 35.3. The van der Waals surface area contributed by atoms with Crippen LogP contribution in [-0.4, -0.2) is 120 Å². The first-order chi connectivity index (χ1) is 29.4.